The molecule has 1 N–H and O–H groups in total. The standard InChI is InChI=1S/C13H20N2O/c1-10-4-5-12(13(8-10)16-3)15-7-6-14-9-11(15)2/h4-5,8,11,14H,6-7,9H2,1-3H3/t11-/m0/s1. The van der Waals surface area contributed by atoms with Crippen molar-refractivity contribution < 1.29 is 4.74 Å². The average molecular weight is 220 g/mol. The first-order valence-electron chi connectivity index (χ1n) is 5.84. The van der Waals surface area contributed by atoms with Crippen molar-refractivity contribution in [1.82, 2.24) is 5.32 Å². The number of nitrogens with one attached hydrogen (secondary N) is 1. The summed E-state index contributed by atoms with van der Waals surface area (Å²) in [5.41, 5.74) is 2.45. The van der Waals surface area contributed by atoms with Crippen molar-refractivity contribution in [1.29, 1.82) is 0 Å². The van der Waals surface area contributed by atoms with Crippen LogP contribution in [0.4, 0.5) is 5.69 Å². The van der Waals surface area contributed by atoms with E-state index in [2.05, 4.69) is 42.3 Å². The summed E-state index contributed by atoms with van der Waals surface area (Å²) in [6.07, 6.45) is 0. The van der Waals surface area contributed by atoms with Gasteiger partial charge in [-0.2, -0.15) is 0 Å². The van der Waals surface area contributed by atoms with E-state index < -0.39 is 0 Å². The van der Waals surface area contributed by atoms with Crippen LogP contribution in [0, 0.1) is 6.92 Å². The highest BCUT2D eigenvalue weighted by atomic mass is 16.5. The summed E-state index contributed by atoms with van der Waals surface area (Å²) in [7, 11) is 1.74. The zero-order valence-electron chi connectivity index (χ0n) is 10.3. The maximum absolute atomic E-state index is 5.47. The first kappa shape index (κ1) is 11.3. The van der Waals surface area contributed by atoms with E-state index in [0.717, 1.165) is 25.4 Å². The summed E-state index contributed by atoms with van der Waals surface area (Å²) in [6.45, 7) is 7.46. The van der Waals surface area contributed by atoms with Gasteiger partial charge in [-0.1, -0.05) is 6.07 Å². The minimum absolute atomic E-state index is 0.519. The van der Waals surface area contributed by atoms with Crippen molar-refractivity contribution in [2.75, 3.05) is 31.6 Å². The van der Waals surface area contributed by atoms with Crippen LogP contribution in [0.3, 0.4) is 0 Å². The summed E-state index contributed by atoms with van der Waals surface area (Å²) in [4.78, 5) is 2.41. The van der Waals surface area contributed by atoms with Crippen LogP contribution >= 0.6 is 0 Å². The molecule has 1 saturated heterocycles. The third-order valence-electron chi connectivity index (χ3n) is 3.15. The molecule has 88 valence electrons. The molecule has 2 rings (SSSR count). The molecular formula is C13H20N2O. The molecule has 1 aliphatic heterocycles. The average Bonchev–Trinajstić information content (AvgIpc) is 2.30. The minimum atomic E-state index is 0.519. The Balaban J connectivity index is 2.30. The lowest BCUT2D eigenvalue weighted by atomic mass is 10.1. The van der Waals surface area contributed by atoms with Crippen LogP contribution in [0.15, 0.2) is 18.2 Å². The lowest BCUT2D eigenvalue weighted by Crippen LogP contribution is -2.50. The van der Waals surface area contributed by atoms with Crippen molar-refractivity contribution in [2.24, 2.45) is 0 Å². The van der Waals surface area contributed by atoms with Gasteiger partial charge in [-0.05, 0) is 31.5 Å². The number of piperazine rings is 1. The van der Waals surface area contributed by atoms with E-state index in [0.29, 0.717) is 6.04 Å². The third-order valence-corrected chi connectivity index (χ3v) is 3.15. The number of anilines is 1. The van der Waals surface area contributed by atoms with Gasteiger partial charge >= 0.3 is 0 Å². The lowest BCUT2D eigenvalue weighted by molar-refractivity contribution is 0.409. The Morgan fingerprint density at radius 1 is 1.44 bits per heavy atom. The number of hydrogen-bond donors (Lipinski definition) is 1. The molecule has 1 aromatic rings. The van der Waals surface area contributed by atoms with E-state index in [1.54, 1.807) is 7.11 Å². The van der Waals surface area contributed by atoms with Gasteiger partial charge in [0, 0.05) is 25.7 Å². The van der Waals surface area contributed by atoms with E-state index in [-0.39, 0.29) is 0 Å². The Hall–Kier alpha value is -1.22. The van der Waals surface area contributed by atoms with E-state index in [4.69, 9.17) is 4.74 Å². The largest absolute Gasteiger partial charge is 0.495 e. The zero-order chi connectivity index (χ0) is 11.5. The Labute approximate surface area is 97.4 Å². The SMILES string of the molecule is COc1cc(C)ccc1N1CCNC[C@@H]1C. The second-order valence-electron chi connectivity index (χ2n) is 4.42. The summed E-state index contributed by atoms with van der Waals surface area (Å²) in [5.74, 6) is 0.980. The Morgan fingerprint density at radius 3 is 2.94 bits per heavy atom. The molecule has 1 atom stereocenters. The molecule has 0 aliphatic carbocycles. The predicted molar refractivity (Wildman–Crippen MR) is 67.4 cm³/mol. The molecule has 0 saturated carbocycles. The van der Waals surface area contributed by atoms with Gasteiger partial charge in [0.25, 0.3) is 0 Å². The van der Waals surface area contributed by atoms with Crippen LogP contribution in [-0.4, -0.2) is 32.8 Å². The van der Waals surface area contributed by atoms with Gasteiger partial charge in [0.2, 0.25) is 0 Å². The molecule has 1 fully saturated rings. The predicted octanol–water partition coefficient (Wildman–Crippen LogP) is 1.80. The van der Waals surface area contributed by atoms with Crippen LogP contribution < -0.4 is 15.0 Å². The number of ether oxygens (including phenoxy) is 1. The van der Waals surface area contributed by atoms with Gasteiger partial charge in [-0.25, -0.2) is 0 Å². The number of methoxy groups -OCH3 is 1. The highest BCUT2D eigenvalue weighted by Gasteiger charge is 2.20. The molecule has 1 aromatic carbocycles. The first-order chi connectivity index (χ1) is 7.72. The quantitative estimate of drug-likeness (QED) is 0.822. The monoisotopic (exact) mass is 220 g/mol. The Kier molecular flexibility index (Phi) is 3.34. The number of aryl methyl sites for hydroxylation is 1. The fourth-order valence-corrected chi connectivity index (χ4v) is 2.22. The van der Waals surface area contributed by atoms with E-state index >= 15 is 0 Å². The third kappa shape index (κ3) is 2.14. The van der Waals surface area contributed by atoms with Gasteiger partial charge in [0.05, 0.1) is 12.8 Å². The fraction of sp³-hybridized carbons (Fsp3) is 0.538. The Bertz CT molecular complexity index is 365. The van der Waals surface area contributed by atoms with Crippen molar-refractivity contribution in [2.45, 2.75) is 19.9 Å². The first-order valence-corrected chi connectivity index (χ1v) is 5.84. The van der Waals surface area contributed by atoms with Crippen LogP contribution in [-0.2, 0) is 0 Å². The maximum Gasteiger partial charge on any atom is 0.142 e. The molecule has 1 heterocycles. The van der Waals surface area contributed by atoms with Crippen molar-refractivity contribution in [3.05, 3.63) is 23.8 Å². The molecule has 0 aromatic heterocycles. The van der Waals surface area contributed by atoms with E-state index in [1.165, 1.54) is 11.3 Å². The summed E-state index contributed by atoms with van der Waals surface area (Å²) < 4.78 is 5.47. The zero-order valence-corrected chi connectivity index (χ0v) is 10.3. The molecule has 3 nitrogen and oxygen atoms in total. The smallest absolute Gasteiger partial charge is 0.142 e. The summed E-state index contributed by atoms with van der Waals surface area (Å²) >= 11 is 0. The number of rotatable bonds is 2. The lowest BCUT2D eigenvalue weighted by Gasteiger charge is -2.36. The second kappa shape index (κ2) is 4.74. The van der Waals surface area contributed by atoms with Crippen molar-refractivity contribution >= 4 is 5.69 Å². The van der Waals surface area contributed by atoms with Gasteiger partial charge < -0.3 is 15.0 Å². The molecule has 0 unspecified atom stereocenters. The van der Waals surface area contributed by atoms with Crippen molar-refractivity contribution in [3.8, 4) is 5.75 Å². The molecule has 0 bridgehead atoms. The molecule has 16 heavy (non-hydrogen) atoms. The topological polar surface area (TPSA) is 24.5 Å². The van der Waals surface area contributed by atoms with Gasteiger partial charge in [-0.3, -0.25) is 0 Å². The van der Waals surface area contributed by atoms with Crippen LogP contribution in [0.2, 0.25) is 0 Å². The molecule has 3 heteroatoms. The molecule has 0 radical (unpaired) electrons. The number of benzene rings is 1. The van der Waals surface area contributed by atoms with Crippen LogP contribution in [0.1, 0.15) is 12.5 Å². The van der Waals surface area contributed by atoms with E-state index in [9.17, 15) is 0 Å². The summed E-state index contributed by atoms with van der Waals surface area (Å²) in [5, 5.41) is 3.40. The normalized spacial score (nSPS) is 20.9. The molecular weight excluding hydrogens is 200 g/mol. The van der Waals surface area contributed by atoms with Gasteiger partial charge in [-0.15, -0.1) is 0 Å². The molecule has 1 aliphatic rings. The number of nitrogens with zero attached hydrogens (tertiary/aromatic N) is 1. The van der Waals surface area contributed by atoms with E-state index in [1.807, 2.05) is 0 Å². The summed E-state index contributed by atoms with van der Waals surface area (Å²) in [6, 6.07) is 6.93. The van der Waals surface area contributed by atoms with Gasteiger partial charge in [0.1, 0.15) is 5.75 Å². The highest BCUT2D eigenvalue weighted by Crippen LogP contribution is 2.30. The molecule has 0 amide bonds. The minimum Gasteiger partial charge on any atom is -0.495 e. The number of hydrogen-bond acceptors (Lipinski definition) is 3. The van der Waals surface area contributed by atoms with Crippen LogP contribution in [0.5, 0.6) is 5.75 Å². The second-order valence-corrected chi connectivity index (χ2v) is 4.42. The van der Waals surface area contributed by atoms with Crippen LogP contribution in [0.25, 0.3) is 0 Å². The highest BCUT2D eigenvalue weighted by molar-refractivity contribution is 5.60. The van der Waals surface area contributed by atoms with Crippen molar-refractivity contribution in [3.63, 3.8) is 0 Å². The fourth-order valence-electron chi connectivity index (χ4n) is 2.22. The van der Waals surface area contributed by atoms with Gasteiger partial charge in [0.15, 0.2) is 0 Å². The Morgan fingerprint density at radius 2 is 2.25 bits per heavy atom. The maximum atomic E-state index is 5.47. The molecule has 0 spiro atoms.